The zero-order valence-electron chi connectivity index (χ0n) is 18.6. The van der Waals surface area contributed by atoms with E-state index in [0.29, 0.717) is 6.04 Å². The highest BCUT2D eigenvalue weighted by Crippen LogP contribution is 2.34. The number of rotatable bonds is 5. The van der Waals surface area contributed by atoms with Crippen molar-refractivity contribution in [1.29, 1.82) is 0 Å². The van der Waals surface area contributed by atoms with Crippen molar-refractivity contribution < 1.29 is 0 Å². The molecule has 0 aliphatic rings. The molecule has 0 amide bonds. The Hall–Kier alpha value is -3.51. The molecule has 3 heterocycles. The number of nitrogens with zero attached hydrogens (tertiary/aromatic N) is 4. The molecular formula is C26H25N5S. The van der Waals surface area contributed by atoms with Gasteiger partial charge >= 0.3 is 0 Å². The number of nitrogens with one attached hydrogen (secondary N) is 1. The molecule has 32 heavy (non-hydrogen) atoms. The van der Waals surface area contributed by atoms with E-state index in [4.69, 9.17) is 9.97 Å². The molecule has 0 spiro atoms. The van der Waals surface area contributed by atoms with Crippen molar-refractivity contribution in [3.63, 3.8) is 0 Å². The van der Waals surface area contributed by atoms with Gasteiger partial charge < -0.3 is 9.88 Å². The van der Waals surface area contributed by atoms with E-state index in [1.807, 2.05) is 12.1 Å². The summed E-state index contributed by atoms with van der Waals surface area (Å²) in [5.74, 6) is 1.00. The molecule has 3 aromatic heterocycles. The maximum atomic E-state index is 5.04. The minimum Gasteiger partial charge on any atom is -0.331 e. The highest BCUT2D eigenvalue weighted by molar-refractivity contribution is 7.14. The van der Waals surface area contributed by atoms with Gasteiger partial charge in [-0.25, -0.2) is 9.97 Å². The number of aromatic nitrogens is 4. The molecule has 0 radical (unpaired) electrons. The minimum atomic E-state index is 0.301. The van der Waals surface area contributed by atoms with Gasteiger partial charge in [-0.05, 0) is 63.6 Å². The van der Waals surface area contributed by atoms with Gasteiger partial charge in [0.05, 0.1) is 16.7 Å². The number of benzene rings is 2. The lowest BCUT2D eigenvalue weighted by Gasteiger charge is -2.14. The van der Waals surface area contributed by atoms with Gasteiger partial charge in [-0.2, -0.15) is 0 Å². The molecule has 2 aromatic carbocycles. The molecular weight excluding hydrogens is 414 g/mol. The summed E-state index contributed by atoms with van der Waals surface area (Å²) in [6, 6.07) is 17.1. The molecule has 0 bridgehead atoms. The summed E-state index contributed by atoms with van der Waals surface area (Å²) < 4.78 is 2.33. The van der Waals surface area contributed by atoms with Gasteiger partial charge in [0.15, 0.2) is 5.13 Å². The van der Waals surface area contributed by atoms with Crippen molar-refractivity contribution in [2.75, 3.05) is 5.32 Å². The Balaban J connectivity index is 1.54. The second kappa shape index (κ2) is 8.20. The number of hydrogen-bond acceptors (Lipinski definition) is 5. The number of imidazole rings is 1. The number of thiazole rings is 1. The predicted octanol–water partition coefficient (Wildman–Crippen LogP) is 7.16. The zero-order valence-corrected chi connectivity index (χ0v) is 19.4. The number of hydrogen-bond donors (Lipinski definition) is 1. The molecule has 0 aliphatic heterocycles. The maximum Gasteiger partial charge on any atom is 0.187 e. The van der Waals surface area contributed by atoms with E-state index in [1.165, 1.54) is 5.56 Å². The normalized spacial score (nSPS) is 11.4. The van der Waals surface area contributed by atoms with Crippen LogP contribution in [0.25, 0.3) is 33.7 Å². The Morgan fingerprint density at radius 1 is 0.938 bits per heavy atom. The zero-order chi connectivity index (χ0) is 22.2. The molecule has 5 nitrogen and oxygen atoms in total. The lowest BCUT2D eigenvalue weighted by Crippen LogP contribution is -2.03. The van der Waals surface area contributed by atoms with Crippen LogP contribution in [0.3, 0.4) is 0 Å². The first kappa shape index (κ1) is 20.4. The molecule has 0 saturated heterocycles. The Kier molecular flexibility index (Phi) is 5.23. The Morgan fingerprint density at radius 3 is 2.50 bits per heavy atom. The summed E-state index contributed by atoms with van der Waals surface area (Å²) in [4.78, 5) is 13.9. The standard InChI is InChI=1S/C26H25N5S/c1-16(2)31-24-13-18(4)21(14-22(24)28-25(31)20-7-5-6-17(3)12-20)29-26-30-23(15-32-26)19-8-10-27-11-9-19/h5-16H,1-4H3,(H,29,30). The van der Waals surface area contributed by atoms with E-state index in [1.54, 1.807) is 23.7 Å². The first-order chi connectivity index (χ1) is 15.5. The molecule has 6 heteroatoms. The van der Waals surface area contributed by atoms with Crippen molar-refractivity contribution in [2.45, 2.75) is 33.7 Å². The van der Waals surface area contributed by atoms with Crippen LogP contribution in [-0.4, -0.2) is 19.5 Å². The Morgan fingerprint density at radius 2 is 1.75 bits per heavy atom. The van der Waals surface area contributed by atoms with Gasteiger partial charge in [-0.3, -0.25) is 4.98 Å². The monoisotopic (exact) mass is 439 g/mol. The van der Waals surface area contributed by atoms with Crippen LogP contribution in [0.4, 0.5) is 10.8 Å². The van der Waals surface area contributed by atoms with Crippen LogP contribution in [0.15, 0.2) is 66.3 Å². The summed E-state index contributed by atoms with van der Waals surface area (Å²) in [5.41, 5.74) is 8.71. The maximum absolute atomic E-state index is 5.04. The first-order valence-corrected chi connectivity index (χ1v) is 11.6. The highest BCUT2D eigenvalue weighted by Gasteiger charge is 2.17. The van der Waals surface area contributed by atoms with E-state index in [-0.39, 0.29) is 0 Å². The molecule has 0 aliphatic carbocycles. The lowest BCUT2D eigenvalue weighted by molar-refractivity contribution is 0.624. The summed E-state index contributed by atoms with van der Waals surface area (Å²) in [6.45, 7) is 8.66. The average molecular weight is 440 g/mol. The SMILES string of the molecule is Cc1cccc(-c2nc3cc(Nc4nc(-c5ccncc5)cs4)c(C)cc3n2C(C)C)c1. The second-order valence-electron chi connectivity index (χ2n) is 8.32. The molecule has 0 fully saturated rings. The van der Waals surface area contributed by atoms with Gasteiger partial charge in [0.1, 0.15) is 5.82 Å². The summed E-state index contributed by atoms with van der Waals surface area (Å²) in [5, 5.41) is 6.43. The number of anilines is 2. The molecule has 160 valence electrons. The summed E-state index contributed by atoms with van der Waals surface area (Å²) in [7, 11) is 0. The van der Waals surface area contributed by atoms with Crippen molar-refractivity contribution in [3.8, 4) is 22.6 Å². The van der Waals surface area contributed by atoms with E-state index >= 15 is 0 Å². The summed E-state index contributed by atoms with van der Waals surface area (Å²) >= 11 is 1.60. The van der Waals surface area contributed by atoms with Crippen molar-refractivity contribution in [2.24, 2.45) is 0 Å². The van der Waals surface area contributed by atoms with Gasteiger partial charge in [0.25, 0.3) is 0 Å². The lowest BCUT2D eigenvalue weighted by atomic mass is 10.1. The van der Waals surface area contributed by atoms with Gasteiger partial charge in [-0.1, -0.05) is 23.8 Å². The van der Waals surface area contributed by atoms with Crippen molar-refractivity contribution >= 4 is 33.2 Å². The topological polar surface area (TPSA) is 55.6 Å². The van der Waals surface area contributed by atoms with Crippen LogP contribution in [-0.2, 0) is 0 Å². The first-order valence-electron chi connectivity index (χ1n) is 10.7. The quantitative estimate of drug-likeness (QED) is 0.315. The van der Waals surface area contributed by atoms with Crippen LogP contribution in [0.2, 0.25) is 0 Å². The van der Waals surface area contributed by atoms with Crippen LogP contribution in [0, 0.1) is 13.8 Å². The molecule has 5 aromatic rings. The molecule has 1 N–H and O–H groups in total. The van der Waals surface area contributed by atoms with Gasteiger partial charge in [-0.15, -0.1) is 11.3 Å². The fraction of sp³-hybridized carbons (Fsp3) is 0.192. The molecule has 0 saturated carbocycles. The number of aryl methyl sites for hydroxylation is 2. The largest absolute Gasteiger partial charge is 0.331 e. The second-order valence-corrected chi connectivity index (χ2v) is 9.18. The smallest absolute Gasteiger partial charge is 0.187 e. The fourth-order valence-electron chi connectivity index (χ4n) is 3.99. The minimum absolute atomic E-state index is 0.301. The van der Waals surface area contributed by atoms with Crippen LogP contribution < -0.4 is 5.32 Å². The molecule has 0 atom stereocenters. The van der Waals surface area contributed by atoms with E-state index in [0.717, 1.165) is 50.1 Å². The number of fused-ring (bicyclic) bond motifs is 1. The van der Waals surface area contributed by atoms with Gasteiger partial charge in [0, 0.05) is 40.6 Å². The highest BCUT2D eigenvalue weighted by atomic mass is 32.1. The predicted molar refractivity (Wildman–Crippen MR) is 134 cm³/mol. The third kappa shape index (κ3) is 3.78. The van der Waals surface area contributed by atoms with Crippen molar-refractivity contribution in [3.05, 3.63) is 77.4 Å². The third-order valence-electron chi connectivity index (χ3n) is 5.55. The fourth-order valence-corrected chi connectivity index (χ4v) is 4.72. The van der Waals surface area contributed by atoms with Crippen LogP contribution in [0.5, 0.6) is 0 Å². The Labute approximate surface area is 191 Å². The van der Waals surface area contributed by atoms with E-state index < -0.39 is 0 Å². The Bertz CT molecular complexity index is 1400. The van der Waals surface area contributed by atoms with Crippen LogP contribution >= 0.6 is 11.3 Å². The molecule has 0 unspecified atom stereocenters. The number of pyridine rings is 1. The van der Waals surface area contributed by atoms with Gasteiger partial charge in [0.2, 0.25) is 0 Å². The van der Waals surface area contributed by atoms with E-state index in [2.05, 4.69) is 84.3 Å². The van der Waals surface area contributed by atoms with Crippen molar-refractivity contribution in [1.82, 2.24) is 19.5 Å². The third-order valence-corrected chi connectivity index (χ3v) is 6.31. The van der Waals surface area contributed by atoms with Crippen LogP contribution in [0.1, 0.15) is 31.0 Å². The summed E-state index contributed by atoms with van der Waals surface area (Å²) in [6.07, 6.45) is 3.58. The average Bonchev–Trinajstić information content (AvgIpc) is 3.39. The van der Waals surface area contributed by atoms with E-state index in [9.17, 15) is 0 Å². The molecule has 5 rings (SSSR count).